The van der Waals surface area contributed by atoms with Crippen LogP contribution in [0.1, 0.15) is 5.56 Å². The van der Waals surface area contributed by atoms with Crippen LogP contribution in [-0.2, 0) is 16.1 Å². The highest BCUT2D eigenvalue weighted by Crippen LogP contribution is 2.31. The molecule has 7 heteroatoms. The molecule has 4 rings (SSSR count). The van der Waals surface area contributed by atoms with Gasteiger partial charge in [-0.05, 0) is 24.3 Å². The third-order valence-electron chi connectivity index (χ3n) is 5.17. The Morgan fingerprint density at radius 2 is 1.57 bits per heavy atom. The molecule has 0 spiro atoms. The van der Waals surface area contributed by atoms with Gasteiger partial charge in [-0.2, -0.15) is 0 Å². The minimum absolute atomic E-state index is 0.0687. The zero-order valence-electron chi connectivity index (χ0n) is 15.2. The highest BCUT2D eigenvalue weighted by atomic mass is 35.5. The molecule has 28 heavy (non-hydrogen) atoms. The van der Waals surface area contributed by atoms with E-state index < -0.39 is 17.6 Å². The summed E-state index contributed by atoms with van der Waals surface area (Å²) in [6.45, 7) is 3.91. The molecule has 1 fully saturated rings. The van der Waals surface area contributed by atoms with Crippen LogP contribution in [0.4, 0.5) is 10.1 Å². The molecule has 0 atom stereocenters. The van der Waals surface area contributed by atoms with Crippen LogP contribution in [0, 0.1) is 5.82 Å². The number of nitrogens with zero attached hydrogens (tertiary/aromatic N) is 2. The molecular formula is C21H20ClFN3O2+. The van der Waals surface area contributed by atoms with Crippen molar-refractivity contribution in [1.29, 1.82) is 0 Å². The van der Waals surface area contributed by atoms with Crippen molar-refractivity contribution >= 4 is 29.1 Å². The summed E-state index contributed by atoms with van der Waals surface area (Å²) in [5.74, 6) is -1.44. The molecule has 0 unspecified atom stereocenters. The van der Waals surface area contributed by atoms with Crippen LogP contribution in [0.2, 0.25) is 0 Å². The summed E-state index contributed by atoms with van der Waals surface area (Å²) in [5, 5.41) is -0.0687. The number of nitrogens with one attached hydrogen (secondary N) is 1. The lowest BCUT2D eigenvalue weighted by Crippen LogP contribution is -3.13. The highest BCUT2D eigenvalue weighted by molar-refractivity contribution is 6.52. The van der Waals surface area contributed by atoms with Crippen LogP contribution in [0.25, 0.3) is 0 Å². The van der Waals surface area contributed by atoms with Gasteiger partial charge in [-0.15, -0.1) is 0 Å². The minimum Gasteiger partial charge on any atom is -0.354 e. The van der Waals surface area contributed by atoms with E-state index in [0.29, 0.717) is 18.8 Å². The second-order valence-corrected chi connectivity index (χ2v) is 7.36. The van der Waals surface area contributed by atoms with Crippen molar-refractivity contribution in [1.82, 2.24) is 4.90 Å². The van der Waals surface area contributed by atoms with E-state index in [1.807, 2.05) is 23.1 Å². The van der Waals surface area contributed by atoms with E-state index in [2.05, 4.69) is 12.1 Å². The fourth-order valence-corrected chi connectivity index (χ4v) is 3.98. The van der Waals surface area contributed by atoms with Gasteiger partial charge in [0, 0.05) is 5.56 Å². The first-order valence-corrected chi connectivity index (χ1v) is 9.59. The van der Waals surface area contributed by atoms with E-state index >= 15 is 0 Å². The summed E-state index contributed by atoms with van der Waals surface area (Å²) in [7, 11) is 0. The monoisotopic (exact) mass is 400 g/mol. The Bertz CT molecular complexity index is 922. The van der Waals surface area contributed by atoms with E-state index in [0.717, 1.165) is 24.5 Å². The summed E-state index contributed by atoms with van der Waals surface area (Å²) in [6.07, 6.45) is 0. The van der Waals surface area contributed by atoms with E-state index in [4.69, 9.17) is 11.6 Å². The van der Waals surface area contributed by atoms with Crippen molar-refractivity contribution in [3.63, 3.8) is 0 Å². The molecule has 0 aromatic heterocycles. The van der Waals surface area contributed by atoms with Gasteiger partial charge in [0.25, 0.3) is 11.8 Å². The van der Waals surface area contributed by atoms with Crippen LogP contribution >= 0.6 is 11.6 Å². The van der Waals surface area contributed by atoms with Crippen molar-refractivity contribution in [2.45, 2.75) is 6.54 Å². The molecule has 2 amide bonds. The average Bonchev–Trinajstić information content (AvgIpc) is 2.93. The number of rotatable bonds is 4. The quantitative estimate of drug-likeness (QED) is 0.792. The molecule has 1 N–H and O–H groups in total. The fraction of sp³-hybridized carbons (Fsp3) is 0.238. The second kappa shape index (κ2) is 7.73. The topological polar surface area (TPSA) is 45.1 Å². The number of halogens is 2. The maximum absolute atomic E-state index is 13.2. The zero-order chi connectivity index (χ0) is 19.7. The Labute approximate surface area is 167 Å². The first-order valence-electron chi connectivity index (χ1n) is 9.21. The van der Waals surface area contributed by atoms with Crippen LogP contribution in [0.3, 0.4) is 0 Å². The molecule has 0 radical (unpaired) electrons. The number of carbonyl (C=O) groups excluding carboxylic acids is 2. The number of piperazine rings is 1. The predicted octanol–water partition coefficient (Wildman–Crippen LogP) is 1.55. The molecule has 0 saturated carbocycles. The van der Waals surface area contributed by atoms with Crippen molar-refractivity contribution in [2.75, 3.05) is 31.1 Å². The normalized spacial score (nSPS) is 18.4. The number of hydrogen-bond donors (Lipinski definition) is 1. The Morgan fingerprint density at radius 3 is 2.21 bits per heavy atom. The lowest BCUT2D eigenvalue weighted by molar-refractivity contribution is -0.917. The van der Waals surface area contributed by atoms with Crippen molar-refractivity contribution < 1.29 is 18.9 Å². The van der Waals surface area contributed by atoms with Gasteiger partial charge in [0.15, 0.2) is 0 Å². The van der Waals surface area contributed by atoms with Gasteiger partial charge in [-0.3, -0.25) is 9.59 Å². The number of anilines is 1. The molecule has 5 nitrogen and oxygen atoms in total. The van der Waals surface area contributed by atoms with Crippen LogP contribution in [0.15, 0.2) is 65.3 Å². The Balaban J connectivity index is 1.45. The number of amides is 2. The van der Waals surface area contributed by atoms with E-state index in [-0.39, 0.29) is 10.7 Å². The molecule has 2 aliphatic rings. The third-order valence-corrected chi connectivity index (χ3v) is 5.51. The zero-order valence-corrected chi connectivity index (χ0v) is 16.0. The van der Waals surface area contributed by atoms with Gasteiger partial charge in [-0.25, -0.2) is 9.29 Å². The molecule has 2 aliphatic heterocycles. The van der Waals surface area contributed by atoms with E-state index in [1.165, 1.54) is 34.7 Å². The summed E-state index contributed by atoms with van der Waals surface area (Å²) in [5.41, 5.74) is 1.84. The van der Waals surface area contributed by atoms with Gasteiger partial charge in [0.1, 0.15) is 23.1 Å². The highest BCUT2D eigenvalue weighted by Gasteiger charge is 2.42. The maximum atomic E-state index is 13.2. The smallest absolute Gasteiger partial charge is 0.283 e. The largest absolute Gasteiger partial charge is 0.354 e. The van der Waals surface area contributed by atoms with Gasteiger partial charge < -0.3 is 9.80 Å². The summed E-state index contributed by atoms with van der Waals surface area (Å²) in [6, 6.07) is 15.5. The van der Waals surface area contributed by atoms with Crippen LogP contribution in [-0.4, -0.2) is 42.9 Å². The molecule has 144 valence electrons. The summed E-state index contributed by atoms with van der Waals surface area (Å²) in [4.78, 5) is 29.8. The Kier molecular flexibility index (Phi) is 5.15. The third kappa shape index (κ3) is 3.53. The number of benzene rings is 2. The lowest BCUT2D eigenvalue weighted by Gasteiger charge is -2.33. The van der Waals surface area contributed by atoms with Crippen molar-refractivity contribution in [2.24, 2.45) is 0 Å². The molecular weight excluding hydrogens is 381 g/mol. The van der Waals surface area contributed by atoms with E-state index in [9.17, 15) is 14.0 Å². The Morgan fingerprint density at radius 1 is 0.929 bits per heavy atom. The summed E-state index contributed by atoms with van der Waals surface area (Å²) < 4.78 is 13.2. The van der Waals surface area contributed by atoms with Crippen molar-refractivity contribution in [3.05, 3.63) is 76.7 Å². The molecule has 0 bridgehead atoms. The average molecular weight is 401 g/mol. The predicted molar refractivity (Wildman–Crippen MR) is 104 cm³/mol. The van der Waals surface area contributed by atoms with Crippen LogP contribution in [0.5, 0.6) is 0 Å². The SMILES string of the molecule is O=C1C(Cl)=C(N2CC[NH+](Cc3ccccc3)CC2)C(=O)N1c1ccc(F)cc1. The van der Waals surface area contributed by atoms with Gasteiger partial charge in [0.2, 0.25) is 0 Å². The molecule has 2 aromatic carbocycles. The van der Waals surface area contributed by atoms with Gasteiger partial charge >= 0.3 is 0 Å². The molecule has 0 aliphatic carbocycles. The van der Waals surface area contributed by atoms with Gasteiger partial charge in [-0.1, -0.05) is 41.9 Å². The second-order valence-electron chi connectivity index (χ2n) is 6.98. The van der Waals surface area contributed by atoms with E-state index in [1.54, 1.807) is 0 Å². The molecule has 2 aromatic rings. The maximum Gasteiger partial charge on any atom is 0.283 e. The molecule has 1 saturated heterocycles. The first kappa shape index (κ1) is 18.7. The minimum atomic E-state index is -0.563. The lowest BCUT2D eigenvalue weighted by atomic mass is 10.2. The van der Waals surface area contributed by atoms with Crippen LogP contribution < -0.4 is 9.80 Å². The summed E-state index contributed by atoms with van der Waals surface area (Å²) >= 11 is 6.24. The fourth-order valence-electron chi connectivity index (χ4n) is 3.70. The first-order chi connectivity index (χ1) is 13.5. The van der Waals surface area contributed by atoms with Crippen molar-refractivity contribution in [3.8, 4) is 0 Å². The molecule has 2 heterocycles. The number of hydrogen-bond acceptors (Lipinski definition) is 3. The van der Waals surface area contributed by atoms with Gasteiger partial charge in [0.05, 0.1) is 31.9 Å². The number of carbonyl (C=O) groups is 2. The number of imide groups is 1. The Hall–Kier alpha value is -2.70. The number of quaternary nitrogens is 1. The standard InChI is InChI=1S/C21H19ClFN3O2/c22-18-19(21(28)26(20(18)27)17-8-6-16(23)7-9-17)25-12-10-24(11-13-25)14-15-4-2-1-3-5-15/h1-9H,10-14H2/p+1.